The van der Waals surface area contributed by atoms with Crippen LogP contribution in [-0.4, -0.2) is 46.5 Å². The standard InChI is InChI=1S/C12H19N3O2.C5H10.HO3P/c13-5-6-15-8-11(14)7-9-1-3-10(4-2-9)12(16)17;1-2-4-5-3-1;1-4(2)3/h1-4,11,15H,5-8,13-14H2,(H,16,17);1-5H2;(H-,1,2,3)/p+1. The fourth-order valence-electron chi connectivity index (χ4n) is 2.43. The Labute approximate surface area is 155 Å². The van der Waals surface area contributed by atoms with E-state index in [0.717, 1.165) is 18.5 Å². The highest BCUT2D eigenvalue weighted by Crippen LogP contribution is 2.15. The van der Waals surface area contributed by atoms with Gasteiger partial charge in [-0.15, -0.1) is 9.79 Å². The van der Waals surface area contributed by atoms with Gasteiger partial charge in [0.1, 0.15) is 0 Å². The van der Waals surface area contributed by atoms with Crippen molar-refractivity contribution in [1.82, 2.24) is 5.32 Å². The van der Waals surface area contributed by atoms with E-state index in [1.165, 1.54) is 32.1 Å². The van der Waals surface area contributed by atoms with Crippen molar-refractivity contribution in [2.75, 3.05) is 19.6 Å². The van der Waals surface area contributed by atoms with E-state index in [9.17, 15) is 4.79 Å². The van der Waals surface area contributed by atoms with Crippen molar-refractivity contribution in [3.8, 4) is 0 Å². The smallest absolute Gasteiger partial charge is 0.478 e. The van der Waals surface area contributed by atoms with Crippen LogP contribution in [0.3, 0.4) is 0 Å². The summed E-state index contributed by atoms with van der Waals surface area (Å²) in [4.78, 5) is 24.9. The second-order valence-electron chi connectivity index (χ2n) is 5.98. The van der Waals surface area contributed by atoms with Crippen molar-refractivity contribution in [3.63, 3.8) is 0 Å². The second-order valence-corrected chi connectivity index (χ2v) is 6.49. The Morgan fingerprint density at radius 2 is 1.58 bits per heavy atom. The summed E-state index contributed by atoms with van der Waals surface area (Å²) in [5.41, 5.74) is 12.6. The van der Waals surface area contributed by atoms with Crippen molar-refractivity contribution in [3.05, 3.63) is 35.4 Å². The molecular formula is C17H31N3O5P+. The molecule has 1 fully saturated rings. The Kier molecular flexibility index (Phi) is 15.0. The zero-order chi connectivity index (χ0) is 19.8. The van der Waals surface area contributed by atoms with Gasteiger partial charge in [0.15, 0.2) is 0 Å². The van der Waals surface area contributed by atoms with Crippen molar-refractivity contribution < 1.29 is 24.3 Å². The molecule has 8 nitrogen and oxygen atoms in total. The van der Waals surface area contributed by atoms with E-state index in [-0.39, 0.29) is 6.04 Å². The molecule has 0 spiro atoms. The maximum absolute atomic E-state index is 10.7. The molecule has 148 valence electrons. The second kappa shape index (κ2) is 15.8. The highest BCUT2D eigenvalue weighted by molar-refractivity contribution is 7.30. The van der Waals surface area contributed by atoms with Crippen LogP contribution in [0.2, 0.25) is 0 Å². The first kappa shape index (κ1) is 24.6. The molecule has 1 aliphatic carbocycles. The Morgan fingerprint density at radius 3 is 1.96 bits per heavy atom. The van der Waals surface area contributed by atoms with Crippen LogP contribution < -0.4 is 16.8 Å². The average molecular weight is 388 g/mol. The van der Waals surface area contributed by atoms with Crippen molar-refractivity contribution >= 4 is 14.2 Å². The van der Waals surface area contributed by atoms with Crippen molar-refractivity contribution in [2.24, 2.45) is 11.5 Å². The van der Waals surface area contributed by atoms with E-state index in [4.69, 9.17) is 30.9 Å². The van der Waals surface area contributed by atoms with Gasteiger partial charge in [-0.3, -0.25) is 0 Å². The first-order valence-corrected chi connectivity index (χ1v) is 9.87. The molecular weight excluding hydrogens is 357 g/mol. The molecule has 0 aliphatic heterocycles. The number of hydrogen-bond acceptors (Lipinski definition) is 5. The Hall–Kier alpha value is -1.41. The molecule has 8 N–H and O–H groups in total. The number of carboxylic acid groups (broad SMARTS) is 1. The first-order valence-electron chi connectivity index (χ1n) is 8.70. The zero-order valence-electron chi connectivity index (χ0n) is 15.0. The SMILES string of the molecule is C1CCCC1.NCCNCC(N)Cc1ccc(C(=O)O)cc1.O=[P+](O)O. The minimum Gasteiger partial charge on any atom is -0.478 e. The molecule has 2 rings (SSSR count). The first-order chi connectivity index (χ1) is 12.4. The Morgan fingerprint density at radius 1 is 1.12 bits per heavy atom. The lowest BCUT2D eigenvalue weighted by Gasteiger charge is -2.12. The van der Waals surface area contributed by atoms with Gasteiger partial charge in [-0.25, -0.2) is 4.79 Å². The molecule has 0 aromatic heterocycles. The van der Waals surface area contributed by atoms with Crippen LogP contribution in [0.4, 0.5) is 0 Å². The number of aromatic carboxylic acids is 1. The number of hydrogen-bond donors (Lipinski definition) is 6. The topological polar surface area (TPSA) is 159 Å². The van der Waals surface area contributed by atoms with Gasteiger partial charge in [-0.1, -0.05) is 44.2 Å². The normalized spacial score (nSPS) is 13.7. The summed E-state index contributed by atoms with van der Waals surface area (Å²) in [6.45, 7) is 2.06. The Balaban J connectivity index is 0.000000566. The van der Waals surface area contributed by atoms with E-state index in [1.807, 2.05) is 0 Å². The maximum Gasteiger partial charge on any atom is 0.692 e. The third-order valence-corrected chi connectivity index (χ3v) is 3.68. The zero-order valence-corrected chi connectivity index (χ0v) is 15.9. The van der Waals surface area contributed by atoms with Crippen LogP contribution in [-0.2, 0) is 11.0 Å². The fraction of sp³-hybridized carbons (Fsp3) is 0.588. The minimum absolute atomic E-state index is 0.0113. The van der Waals surface area contributed by atoms with E-state index < -0.39 is 14.2 Å². The molecule has 0 amide bonds. The molecule has 0 radical (unpaired) electrons. The van der Waals surface area contributed by atoms with E-state index in [2.05, 4.69) is 5.32 Å². The maximum atomic E-state index is 10.7. The third-order valence-electron chi connectivity index (χ3n) is 3.68. The molecule has 0 heterocycles. The van der Waals surface area contributed by atoms with E-state index in [1.54, 1.807) is 24.3 Å². The predicted octanol–water partition coefficient (Wildman–Crippen LogP) is 1.38. The summed E-state index contributed by atoms with van der Waals surface area (Å²) in [6, 6.07) is 6.80. The van der Waals surface area contributed by atoms with Crippen molar-refractivity contribution in [1.29, 1.82) is 0 Å². The van der Waals surface area contributed by atoms with Gasteiger partial charge in [-0.2, -0.15) is 0 Å². The summed E-state index contributed by atoms with van der Waals surface area (Å²) in [5, 5.41) is 11.9. The number of carbonyl (C=O) groups is 1. The quantitative estimate of drug-likeness (QED) is 0.302. The average Bonchev–Trinajstić information content (AvgIpc) is 3.15. The minimum atomic E-state index is -2.87. The van der Waals surface area contributed by atoms with E-state index in [0.29, 0.717) is 18.7 Å². The van der Waals surface area contributed by atoms with Gasteiger partial charge in [0.25, 0.3) is 0 Å². The highest BCUT2D eigenvalue weighted by atomic mass is 31.1. The summed E-state index contributed by atoms with van der Waals surface area (Å²) >= 11 is 0. The number of rotatable bonds is 7. The molecule has 1 aromatic rings. The van der Waals surface area contributed by atoms with Crippen LogP contribution in [0.1, 0.15) is 48.0 Å². The van der Waals surface area contributed by atoms with Crippen LogP contribution in [0.5, 0.6) is 0 Å². The molecule has 1 unspecified atom stereocenters. The molecule has 1 atom stereocenters. The molecule has 1 aromatic carbocycles. The van der Waals surface area contributed by atoms with Crippen molar-refractivity contribution in [2.45, 2.75) is 44.6 Å². The molecule has 0 bridgehead atoms. The number of nitrogens with two attached hydrogens (primary N) is 2. The largest absolute Gasteiger partial charge is 0.692 e. The molecule has 1 saturated carbocycles. The molecule has 0 saturated heterocycles. The molecule has 1 aliphatic rings. The van der Waals surface area contributed by atoms with Gasteiger partial charge >= 0.3 is 14.2 Å². The summed E-state index contributed by atoms with van der Waals surface area (Å²) < 4.78 is 8.70. The van der Waals surface area contributed by atoms with Crippen LogP contribution >= 0.6 is 8.25 Å². The molecule has 26 heavy (non-hydrogen) atoms. The summed E-state index contributed by atoms with van der Waals surface area (Å²) in [7, 11) is -2.87. The summed E-state index contributed by atoms with van der Waals surface area (Å²) in [6.07, 6.45) is 8.22. The van der Waals surface area contributed by atoms with Gasteiger partial charge in [0.05, 0.1) is 5.56 Å². The third kappa shape index (κ3) is 14.9. The van der Waals surface area contributed by atoms with E-state index >= 15 is 0 Å². The predicted molar refractivity (Wildman–Crippen MR) is 102 cm³/mol. The van der Waals surface area contributed by atoms with Crippen LogP contribution in [0, 0.1) is 0 Å². The summed E-state index contributed by atoms with van der Waals surface area (Å²) in [5.74, 6) is -0.912. The number of carboxylic acids is 1. The van der Waals surface area contributed by atoms with Gasteiger partial charge in [0, 0.05) is 30.2 Å². The lowest BCUT2D eigenvalue weighted by Crippen LogP contribution is -2.37. The fourth-order valence-corrected chi connectivity index (χ4v) is 2.43. The lowest BCUT2D eigenvalue weighted by molar-refractivity contribution is 0.0697. The van der Waals surface area contributed by atoms with Gasteiger partial charge in [0.2, 0.25) is 0 Å². The monoisotopic (exact) mass is 388 g/mol. The lowest BCUT2D eigenvalue weighted by atomic mass is 10.0. The molecule has 9 heteroatoms. The highest BCUT2D eigenvalue weighted by Gasteiger charge is 2.05. The number of nitrogens with one attached hydrogen (secondary N) is 1. The van der Waals surface area contributed by atoms with Gasteiger partial charge < -0.3 is 21.9 Å². The number of benzene rings is 1. The van der Waals surface area contributed by atoms with Crippen LogP contribution in [0.25, 0.3) is 0 Å². The van der Waals surface area contributed by atoms with Gasteiger partial charge in [-0.05, 0) is 24.1 Å². The van der Waals surface area contributed by atoms with Crippen LogP contribution in [0.15, 0.2) is 24.3 Å². The Bertz CT molecular complexity index is 498.